The average Bonchev–Trinajstić information content (AvgIpc) is 2.70. The summed E-state index contributed by atoms with van der Waals surface area (Å²) < 4.78 is 4.62. The average molecular weight is 299 g/mol. The van der Waals surface area contributed by atoms with Gasteiger partial charge < -0.3 is 0 Å². The maximum atomic E-state index is 4.62. The molecule has 0 aromatic heterocycles. The number of rotatable bonds is 4. The van der Waals surface area contributed by atoms with E-state index >= 15 is 0 Å². The van der Waals surface area contributed by atoms with Crippen LogP contribution in [0, 0.1) is 0 Å². The van der Waals surface area contributed by atoms with Crippen LogP contribution in [-0.2, 0) is 21.7 Å². The largest absolute Gasteiger partial charge is 0.272 e. The minimum absolute atomic E-state index is 0. The molecule has 0 N–H and O–H groups in total. The fraction of sp³-hybridized carbons (Fsp3) is 0.467. The molecule has 1 aliphatic rings. The van der Waals surface area contributed by atoms with Gasteiger partial charge in [-0.2, -0.15) is 0 Å². The van der Waals surface area contributed by atoms with Crippen LogP contribution in [-0.4, -0.2) is 20.0 Å². The van der Waals surface area contributed by atoms with Gasteiger partial charge in [0.15, 0.2) is 0 Å². The maximum Gasteiger partial charge on any atom is 0.0424 e. The third-order valence-electron chi connectivity index (χ3n) is 1.91. The predicted octanol–water partition coefficient (Wildman–Crippen LogP) is 5.45. The normalized spacial score (nSPS) is 13.4. The summed E-state index contributed by atoms with van der Waals surface area (Å²) in [6.07, 6.45) is 15.7. The van der Waals surface area contributed by atoms with Gasteiger partial charge in [0.05, 0.1) is 0 Å². The van der Waals surface area contributed by atoms with Gasteiger partial charge in [-0.1, -0.05) is 50.3 Å². The monoisotopic (exact) mass is 299 g/mol. The third-order valence-corrected chi connectivity index (χ3v) is 2.76. The SMILES string of the molecule is C=CC=CCCC.CP(C)(C)=NC1=CC=CC1.[Ti]. The molecule has 100 valence electrons. The van der Waals surface area contributed by atoms with Crippen LogP contribution in [0.5, 0.6) is 0 Å². The number of allylic oxidation sites excluding steroid dienone is 6. The second-order valence-corrected chi connectivity index (χ2v) is 8.87. The van der Waals surface area contributed by atoms with Crippen LogP contribution in [0.25, 0.3) is 0 Å². The van der Waals surface area contributed by atoms with Gasteiger partial charge in [0.1, 0.15) is 0 Å². The van der Waals surface area contributed by atoms with Gasteiger partial charge in [0.2, 0.25) is 0 Å². The van der Waals surface area contributed by atoms with E-state index in [4.69, 9.17) is 0 Å². The fourth-order valence-electron chi connectivity index (χ4n) is 1.25. The zero-order chi connectivity index (χ0) is 13.1. The molecule has 0 saturated carbocycles. The molecule has 0 amide bonds. The molecule has 0 atom stereocenters. The van der Waals surface area contributed by atoms with Crippen molar-refractivity contribution in [3.05, 3.63) is 48.7 Å². The molecule has 0 aromatic carbocycles. The first-order valence-corrected chi connectivity index (χ1v) is 9.26. The van der Waals surface area contributed by atoms with E-state index in [0.717, 1.165) is 6.42 Å². The molecule has 18 heavy (non-hydrogen) atoms. The van der Waals surface area contributed by atoms with Crippen molar-refractivity contribution in [3.63, 3.8) is 0 Å². The van der Waals surface area contributed by atoms with Crippen LogP contribution in [0.4, 0.5) is 0 Å². The molecular formula is C15H26NPTi. The van der Waals surface area contributed by atoms with E-state index in [1.807, 2.05) is 6.08 Å². The summed E-state index contributed by atoms with van der Waals surface area (Å²) >= 11 is 0. The quantitative estimate of drug-likeness (QED) is 0.372. The molecule has 1 aliphatic carbocycles. The molecule has 1 nitrogen and oxygen atoms in total. The van der Waals surface area contributed by atoms with Gasteiger partial charge in [0, 0.05) is 33.8 Å². The molecule has 0 aliphatic heterocycles. The first-order valence-electron chi connectivity index (χ1n) is 6.17. The van der Waals surface area contributed by atoms with Crippen molar-refractivity contribution < 1.29 is 21.7 Å². The van der Waals surface area contributed by atoms with Crippen LogP contribution >= 0.6 is 7.05 Å². The first kappa shape index (κ1) is 20.2. The second kappa shape index (κ2) is 12.0. The fourth-order valence-corrected chi connectivity index (χ4v) is 2.17. The summed E-state index contributed by atoms with van der Waals surface area (Å²) in [5, 5.41) is 0. The van der Waals surface area contributed by atoms with Crippen molar-refractivity contribution in [2.24, 2.45) is 4.74 Å². The number of hydrogen-bond acceptors (Lipinski definition) is 1. The third kappa shape index (κ3) is 14.0. The summed E-state index contributed by atoms with van der Waals surface area (Å²) in [4.78, 5) is 0. The Hall–Kier alpha value is -0.0957. The molecule has 0 unspecified atom stereocenters. The zero-order valence-corrected chi connectivity index (χ0v) is 14.6. The van der Waals surface area contributed by atoms with Gasteiger partial charge in [-0.05, 0) is 39.5 Å². The van der Waals surface area contributed by atoms with Crippen LogP contribution in [0.1, 0.15) is 26.2 Å². The Morgan fingerprint density at radius 2 is 2.06 bits per heavy atom. The van der Waals surface area contributed by atoms with E-state index < -0.39 is 7.05 Å². The molecule has 0 bridgehead atoms. The van der Waals surface area contributed by atoms with Crippen molar-refractivity contribution in [1.29, 1.82) is 0 Å². The standard InChI is InChI=1S/C8H14NP.C7H12.Ti/c1-10(2,3)9-8-6-4-5-7-8;1-3-5-7-6-4-2;/h4-6H,7H2,1-3H3;3,5,7H,1,4,6H2,2H3;. The molecule has 0 aromatic rings. The minimum atomic E-state index is -0.948. The Morgan fingerprint density at radius 1 is 1.39 bits per heavy atom. The van der Waals surface area contributed by atoms with Crippen molar-refractivity contribution in [1.82, 2.24) is 0 Å². The van der Waals surface area contributed by atoms with Crippen molar-refractivity contribution >= 4 is 7.05 Å². The van der Waals surface area contributed by atoms with Gasteiger partial charge in [-0.25, -0.2) is 0 Å². The molecule has 0 radical (unpaired) electrons. The van der Waals surface area contributed by atoms with E-state index in [0.29, 0.717) is 0 Å². The molecule has 1 rings (SSSR count). The topological polar surface area (TPSA) is 12.4 Å². The molecule has 0 saturated heterocycles. The van der Waals surface area contributed by atoms with E-state index in [1.54, 1.807) is 6.08 Å². The number of unbranched alkanes of at least 4 members (excludes halogenated alkanes) is 1. The first-order chi connectivity index (χ1) is 7.99. The van der Waals surface area contributed by atoms with Crippen LogP contribution in [0.3, 0.4) is 0 Å². The maximum absolute atomic E-state index is 4.62. The molecule has 0 heterocycles. The Labute approximate surface area is 128 Å². The van der Waals surface area contributed by atoms with Crippen LogP contribution < -0.4 is 0 Å². The van der Waals surface area contributed by atoms with E-state index in [1.165, 1.54) is 18.5 Å². The van der Waals surface area contributed by atoms with Gasteiger partial charge >= 0.3 is 0 Å². The Morgan fingerprint density at radius 3 is 2.44 bits per heavy atom. The summed E-state index contributed by atoms with van der Waals surface area (Å²) in [5.74, 6) is 0. The molecular weight excluding hydrogens is 273 g/mol. The molecule has 0 spiro atoms. The van der Waals surface area contributed by atoms with E-state index in [2.05, 4.69) is 62.5 Å². The summed E-state index contributed by atoms with van der Waals surface area (Å²) in [6, 6.07) is 0. The molecule has 0 fully saturated rings. The van der Waals surface area contributed by atoms with E-state index in [9.17, 15) is 0 Å². The Balaban J connectivity index is 0. The Bertz CT molecular complexity index is 350. The van der Waals surface area contributed by atoms with Crippen molar-refractivity contribution in [2.45, 2.75) is 26.2 Å². The van der Waals surface area contributed by atoms with Gasteiger partial charge in [0.25, 0.3) is 0 Å². The number of nitrogens with zero attached hydrogens (tertiary/aromatic N) is 1. The van der Waals surface area contributed by atoms with E-state index in [-0.39, 0.29) is 21.7 Å². The summed E-state index contributed by atoms with van der Waals surface area (Å²) in [7, 11) is -0.948. The molecule has 3 heteroatoms. The van der Waals surface area contributed by atoms with Crippen LogP contribution in [0.15, 0.2) is 53.5 Å². The second-order valence-electron chi connectivity index (χ2n) is 4.78. The van der Waals surface area contributed by atoms with Gasteiger partial charge in [-0.3, -0.25) is 4.74 Å². The van der Waals surface area contributed by atoms with Crippen molar-refractivity contribution in [2.75, 3.05) is 20.0 Å². The smallest absolute Gasteiger partial charge is 0.0424 e. The number of hydrogen-bond donors (Lipinski definition) is 0. The summed E-state index contributed by atoms with van der Waals surface area (Å²) in [5.41, 5.74) is 1.25. The van der Waals surface area contributed by atoms with Crippen LogP contribution in [0.2, 0.25) is 0 Å². The summed E-state index contributed by atoms with van der Waals surface area (Å²) in [6.45, 7) is 12.4. The zero-order valence-electron chi connectivity index (χ0n) is 12.2. The minimum Gasteiger partial charge on any atom is -0.272 e. The Kier molecular flexibility index (Phi) is 13.4. The van der Waals surface area contributed by atoms with Gasteiger partial charge in [-0.15, -0.1) is 0 Å². The van der Waals surface area contributed by atoms with Crippen molar-refractivity contribution in [3.8, 4) is 0 Å². The predicted molar refractivity (Wildman–Crippen MR) is 83.2 cm³/mol.